The van der Waals surface area contributed by atoms with Crippen LogP contribution in [0.15, 0.2) is 22.7 Å². The van der Waals surface area contributed by atoms with Crippen LogP contribution in [0.5, 0.6) is 0 Å². The highest BCUT2D eigenvalue weighted by Crippen LogP contribution is 2.32. The van der Waals surface area contributed by atoms with Gasteiger partial charge in [0.15, 0.2) is 0 Å². The van der Waals surface area contributed by atoms with Crippen LogP contribution < -0.4 is 5.32 Å². The number of halogens is 1. The van der Waals surface area contributed by atoms with E-state index in [0.717, 1.165) is 23.1 Å². The number of likely N-dealkylation sites (N-methyl/N-ethyl adjacent to an activating group) is 1. The molecule has 102 valence electrons. The Bertz CT molecular complexity index is 587. The fraction of sp³-hybridized carbons (Fsp3) is 0.400. The monoisotopic (exact) mass is 321 g/mol. The molecule has 0 fully saturated rings. The summed E-state index contributed by atoms with van der Waals surface area (Å²) in [6, 6.07) is 6.49. The number of rotatable bonds is 4. The molecule has 0 aliphatic rings. The van der Waals surface area contributed by atoms with E-state index >= 15 is 0 Å². The number of nitrogens with zero attached hydrogens (tertiary/aromatic N) is 2. The molecule has 0 saturated carbocycles. The fourth-order valence-electron chi connectivity index (χ4n) is 2.30. The molecule has 1 N–H and O–H groups in total. The molecular weight excluding hydrogens is 302 g/mol. The largest absolute Gasteiger partial charge is 0.319 e. The molecule has 1 aromatic heterocycles. The summed E-state index contributed by atoms with van der Waals surface area (Å²) in [4.78, 5) is 0. The third-order valence-corrected chi connectivity index (χ3v) is 4.18. The van der Waals surface area contributed by atoms with Gasteiger partial charge in [-0.05, 0) is 42.4 Å². The van der Waals surface area contributed by atoms with Gasteiger partial charge in [-0.15, -0.1) is 0 Å². The first-order chi connectivity index (χ1) is 9.04. The minimum atomic E-state index is 0.949. The molecule has 1 aromatic carbocycles. The first kappa shape index (κ1) is 14.3. The molecule has 4 heteroatoms. The van der Waals surface area contributed by atoms with Gasteiger partial charge in [-0.3, -0.25) is 4.68 Å². The maximum Gasteiger partial charge on any atom is 0.107 e. The molecule has 0 unspecified atom stereocenters. The van der Waals surface area contributed by atoms with Gasteiger partial charge in [-0.2, -0.15) is 5.10 Å². The van der Waals surface area contributed by atoms with Crippen LogP contribution in [0.25, 0.3) is 11.3 Å². The third-order valence-electron chi connectivity index (χ3n) is 3.35. The molecule has 19 heavy (non-hydrogen) atoms. The first-order valence-corrected chi connectivity index (χ1v) is 7.27. The predicted molar refractivity (Wildman–Crippen MR) is 83.4 cm³/mol. The maximum absolute atomic E-state index is 4.67. The van der Waals surface area contributed by atoms with Gasteiger partial charge in [0.25, 0.3) is 0 Å². The Morgan fingerprint density at radius 3 is 2.68 bits per heavy atom. The number of aromatic nitrogens is 2. The molecular formula is C15H20BrN3. The SMILES string of the molecule is CNCCc1c(Br)c(-c2ccc(C)cc2C)nn1C. The molecule has 3 nitrogen and oxygen atoms in total. The van der Waals surface area contributed by atoms with Gasteiger partial charge in [-0.25, -0.2) is 0 Å². The third kappa shape index (κ3) is 2.90. The lowest BCUT2D eigenvalue weighted by Crippen LogP contribution is -2.12. The van der Waals surface area contributed by atoms with Crippen molar-refractivity contribution in [1.29, 1.82) is 0 Å². The molecule has 0 spiro atoms. The van der Waals surface area contributed by atoms with E-state index in [4.69, 9.17) is 0 Å². The standard InChI is InChI=1S/C15H20BrN3/c1-10-5-6-12(11(2)9-10)15-14(16)13(7-8-17-3)19(4)18-15/h5-6,9,17H,7-8H2,1-4H3. The molecule has 0 radical (unpaired) electrons. The quantitative estimate of drug-likeness (QED) is 0.937. The Labute approximate surface area is 123 Å². The molecule has 2 aromatic rings. The van der Waals surface area contributed by atoms with Crippen molar-refractivity contribution >= 4 is 15.9 Å². The summed E-state index contributed by atoms with van der Waals surface area (Å²) >= 11 is 3.71. The van der Waals surface area contributed by atoms with Gasteiger partial charge in [0, 0.05) is 25.6 Å². The summed E-state index contributed by atoms with van der Waals surface area (Å²) in [5.74, 6) is 0. The van der Waals surface area contributed by atoms with Crippen molar-refractivity contribution in [2.45, 2.75) is 20.3 Å². The van der Waals surface area contributed by atoms with E-state index in [0.29, 0.717) is 0 Å². The zero-order valence-corrected chi connectivity index (χ0v) is 13.5. The van der Waals surface area contributed by atoms with E-state index in [9.17, 15) is 0 Å². The van der Waals surface area contributed by atoms with Crippen molar-refractivity contribution in [2.24, 2.45) is 7.05 Å². The Morgan fingerprint density at radius 1 is 1.32 bits per heavy atom. The second-order valence-electron chi connectivity index (χ2n) is 4.90. The molecule has 0 atom stereocenters. The minimum Gasteiger partial charge on any atom is -0.319 e. The van der Waals surface area contributed by atoms with Gasteiger partial charge in [-0.1, -0.05) is 23.8 Å². The lowest BCUT2D eigenvalue weighted by molar-refractivity contribution is 0.681. The summed E-state index contributed by atoms with van der Waals surface area (Å²) < 4.78 is 3.08. The number of aryl methyl sites for hydroxylation is 3. The van der Waals surface area contributed by atoms with Crippen molar-refractivity contribution in [3.8, 4) is 11.3 Å². The van der Waals surface area contributed by atoms with E-state index in [1.165, 1.54) is 22.4 Å². The van der Waals surface area contributed by atoms with Crippen LogP contribution in [0.3, 0.4) is 0 Å². The van der Waals surface area contributed by atoms with Crippen molar-refractivity contribution < 1.29 is 0 Å². The molecule has 0 amide bonds. The molecule has 0 aliphatic heterocycles. The second-order valence-corrected chi connectivity index (χ2v) is 5.70. The van der Waals surface area contributed by atoms with Crippen molar-refractivity contribution in [1.82, 2.24) is 15.1 Å². The van der Waals surface area contributed by atoms with Crippen molar-refractivity contribution in [2.75, 3.05) is 13.6 Å². The normalized spacial score (nSPS) is 11.0. The highest BCUT2D eigenvalue weighted by Gasteiger charge is 2.16. The van der Waals surface area contributed by atoms with Crippen LogP contribution in [-0.4, -0.2) is 23.4 Å². The van der Waals surface area contributed by atoms with Crippen molar-refractivity contribution in [3.05, 3.63) is 39.5 Å². The summed E-state index contributed by atoms with van der Waals surface area (Å²) in [6.07, 6.45) is 0.964. The van der Waals surface area contributed by atoms with Crippen molar-refractivity contribution in [3.63, 3.8) is 0 Å². The Kier molecular flexibility index (Phi) is 4.42. The maximum atomic E-state index is 4.67. The Balaban J connectivity index is 2.45. The number of hydrogen-bond acceptors (Lipinski definition) is 2. The van der Waals surface area contributed by atoms with Gasteiger partial charge >= 0.3 is 0 Å². The van der Waals surface area contributed by atoms with Gasteiger partial charge in [0.05, 0.1) is 10.2 Å². The lowest BCUT2D eigenvalue weighted by atomic mass is 10.0. The van der Waals surface area contributed by atoms with Crippen LogP contribution in [0, 0.1) is 13.8 Å². The average Bonchev–Trinajstić information content (AvgIpc) is 2.63. The van der Waals surface area contributed by atoms with Crippen LogP contribution in [0.1, 0.15) is 16.8 Å². The zero-order valence-electron chi connectivity index (χ0n) is 11.9. The average molecular weight is 322 g/mol. The molecule has 0 saturated heterocycles. The summed E-state index contributed by atoms with van der Waals surface area (Å²) in [6.45, 7) is 5.20. The van der Waals surface area contributed by atoms with E-state index in [1.807, 2.05) is 18.8 Å². The smallest absolute Gasteiger partial charge is 0.107 e. The Hall–Kier alpha value is -1.13. The highest BCUT2D eigenvalue weighted by atomic mass is 79.9. The topological polar surface area (TPSA) is 29.9 Å². The number of nitrogens with one attached hydrogen (secondary N) is 1. The number of benzene rings is 1. The Morgan fingerprint density at radius 2 is 2.05 bits per heavy atom. The van der Waals surface area contributed by atoms with Crippen LogP contribution in [0.4, 0.5) is 0 Å². The van der Waals surface area contributed by atoms with E-state index in [2.05, 4.69) is 58.4 Å². The van der Waals surface area contributed by atoms with E-state index in [-0.39, 0.29) is 0 Å². The van der Waals surface area contributed by atoms with Gasteiger partial charge < -0.3 is 5.32 Å². The fourth-order valence-corrected chi connectivity index (χ4v) is 3.05. The summed E-state index contributed by atoms with van der Waals surface area (Å²) in [5, 5.41) is 7.84. The van der Waals surface area contributed by atoms with Crippen LogP contribution in [-0.2, 0) is 13.5 Å². The van der Waals surface area contributed by atoms with E-state index < -0.39 is 0 Å². The van der Waals surface area contributed by atoms with Gasteiger partial charge in [0.2, 0.25) is 0 Å². The van der Waals surface area contributed by atoms with Gasteiger partial charge in [0.1, 0.15) is 5.69 Å². The predicted octanol–water partition coefficient (Wildman–Crippen LogP) is 3.23. The van der Waals surface area contributed by atoms with Crippen LogP contribution >= 0.6 is 15.9 Å². The molecule has 0 bridgehead atoms. The van der Waals surface area contributed by atoms with Crippen LogP contribution in [0.2, 0.25) is 0 Å². The zero-order chi connectivity index (χ0) is 14.0. The van der Waals surface area contributed by atoms with E-state index in [1.54, 1.807) is 0 Å². The summed E-state index contributed by atoms with van der Waals surface area (Å²) in [5.41, 5.74) is 6.00. The summed E-state index contributed by atoms with van der Waals surface area (Å²) in [7, 11) is 3.97. The first-order valence-electron chi connectivity index (χ1n) is 6.48. The molecule has 2 rings (SSSR count). The molecule has 1 heterocycles. The highest BCUT2D eigenvalue weighted by molar-refractivity contribution is 9.10. The second kappa shape index (κ2) is 5.88. The number of hydrogen-bond donors (Lipinski definition) is 1. The lowest BCUT2D eigenvalue weighted by Gasteiger charge is -2.05. The molecule has 0 aliphatic carbocycles. The minimum absolute atomic E-state index is 0.949.